The maximum absolute atomic E-state index is 12.4. The average molecular weight is 357 g/mol. The Morgan fingerprint density at radius 2 is 1.85 bits per heavy atom. The number of carbonyl (C=O) groups excluding carboxylic acids is 1. The van der Waals surface area contributed by atoms with Crippen molar-refractivity contribution in [2.75, 3.05) is 6.61 Å². The second-order valence-corrected chi connectivity index (χ2v) is 6.35. The topological polar surface area (TPSA) is 46.5 Å². The third-order valence-electron chi connectivity index (χ3n) is 4.05. The highest BCUT2D eigenvalue weighted by Gasteiger charge is 2.13. The molecule has 3 heteroatoms. The number of allylic oxidation sites excluding steroid dienone is 5. The van der Waals surface area contributed by atoms with E-state index in [0.29, 0.717) is 17.9 Å². The number of phenolic OH excluding ortho intramolecular Hbond substituents is 1. The summed E-state index contributed by atoms with van der Waals surface area (Å²) in [4.78, 5) is 12.4. The summed E-state index contributed by atoms with van der Waals surface area (Å²) in [6.07, 6.45) is 15.4. The highest BCUT2D eigenvalue weighted by atomic mass is 16.5. The Kier molecular flexibility index (Phi) is 10.9. The first kappa shape index (κ1) is 21.8. The van der Waals surface area contributed by atoms with Gasteiger partial charge in [-0.25, -0.2) is 0 Å². The molecule has 0 saturated heterocycles. The van der Waals surface area contributed by atoms with Crippen LogP contribution in [0, 0.1) is 0 Å². The van der Waals surface area contributed by atoms with Crippen molar-refractivity contribution >= 4 is 5.78 Å². The van der Waals surface area contributed by atoms with Gasteiger partial charge >= 0.3 is 0 Å². The molecule has 0 aliphatic heterocycles. The zero-order valence-electron chi connectivity index (χ0n) is 16.2. The van der Waals surface area contributed by atoms with Gasteiger partial charge < -0.3 is 9.84 Å². The molecule has 26 heavy (non-hydrogen) atoms. The van der Waals surface area contributed by atoms with E-state index >= 15 is 0 Å². The number of hydrogen-bond acceptors (Lipinski definition) is 3. The number of aromatic hydroxyl groups is 1. The number of ketones is 1. The van der Waals surface area contributed by atoms with Crippen LogP contribution in [0.5, 0.6) is 11.5 Å². The van der Waals surface area contributed by atoms with Gasteiger partial charge in [-0.05, 0) is 25.0 Å². The lowest BCUT2D eigenvalue weighted by molar-refractivity contribution is 0.103. The molecule has 0 bridgehead atoms. The summed E-state index contributed by atoms with van der Waals surface area (Å²) in [5.74, 6) is 0.222. The molecule has 142 valence electrons. The second kappa shape index (κ2) is 13.0. The first-order chi connectivity index (χ1) is 12.6. The van der Waals surface area contributed by atoms with Crippen molar-refractivity contribution < 1.29 is 14.6 Å². The number of hydrogen-bond donors (Lipinski definition) is 1. The van der Waals surface area contributed by atoms with Gasteiger partial charge in [-0.2, -0.15) is 0 Å². The lowest BCUT2D eigenvalue weighted by Gasteiger charge is -2.09. The van der Waals surface area contributed by atoms with Crippen LogP contribution in [0.2, 0.25) is 0 Å². The fourth-order valence-electron chi connectivity index (χ4n) is 2.50. The Balaban J connectivity index is 2.50. The summed E-state index contributed by atoms with van der Waals surface area (Å²) in [6, 6.07) is 4.81. The summed E-state index contributed by atoms with van der Waals surface area (Å²) >= 11 is 0. The summed E-state index contributed by atoms with van der Waals surface area (Å²) in [7, 11) is 0. The number of benzene rings is 1. The highest BCUT2D eigenvalue weighted by Crippen LogP contribution is 2.26. The maximum atomic E-state index is 12.4. The molecule has 0 fully saturated rings. The van der Waals surface area contributed by atoms with Crippen LogP contribution >= 0.6 is 0 Å². The Labute approximate surface area is 158 Å². The van der Waals surface area contributed by atoms with Gasteiger partial charge in [0, 0.05) is 11.6 Å². The van der Waals surface area contributed by atoms with E-state index in [4.69, 9.17) is 4.74 Å². The van der Waals surface area contributed by atoms with Crippen molar-refractivity contribution in [3.05, 3.63) is 60.2 Å². The second-order valence-electron chi connectivity index (χ2n) is 6.35. The molecular formula is C23H32O3. The first-order valence-electron chi connectivity index (χ1n) is 9.62. The number of carbonyl (C=O) groups is 1. The largest absolute Gasteiger partial charge is 0.507 e. The third kappa shape index (κ3) is 8.19. The average Bonchev–Trinajstić information content (AvgIpc) is 2.64. The number of ether oxygens (including phenoxy) is 1. The lowest BCUT2D eigenvalue weighted by Crippen LogP contribution is -2.02. The number of rotatable bonds is 13. The van der Waals surface area contributed by atoms with E-state index < -0.39 is 0 Å². The van der Waals surface area contributed by atoms with Gasteiger partial charge in [0.1, 0.15) is 11.5 Å². The molecule has 0 heterocycles. The molecule has 0 unspecified atom stereocenters. The highest BCUT2D eigenvalue weighted by molar-refractivity contribution is 6.11. The van der Waals surface area contributed by atoms with E-state index in [1.807, 2.05) is 19.1 Å². The normalized spacial score (nSPS) is 11.3. The van der Waals surface area contributed by atoms with Crippen LogP contribution in [0.25, 0.3) is 0 Å². The summed E-state index contributed by atoms with van der Waals surface area (Å²) in [5.41, 5.74) is 0.577. The van der Waals surface area contributed by atoms with Gasteiger partial charge in [0.25, 0.3) is 0 Å². The smallest absolute Gasteiger partial charge is 0.196 e. The van der Waals surface area contributed by atoms with E-state index in [0.717, 1.165) is 19.3 Å². The maximum Gasteiger partial charge on any atom is 0.196 e. The van der Waals surface area contributed by atoms with E-state index in [2.05, 4.69) is 13.5 Å². The van der Waals surface area contributed by atoms with E-state index in [9.17, 15) is 9.90 Å². The SMILES string of the molecule is C=C(/C=C\C=C/CC)C(=O)c1ccc(OCCCCCCCC)cc1O. The lowest BCUT2D eigenvalue weighted by atomic mass is 10.0. The van der Waals surface area contributed by atoms with Gasteiger partial charge in [-0.3, -0.25) is 4.79 Å². The van der Waals surface area contributed by atoms with E-state index in [1.165, 1.54) is 31.7 Å². The number of phenols is 1. The van der Waals surface area contributed by atoms with Crippen molar-refractivity contribution in [1.82, 2.24) is 0 Å². The molecule has 0 atom stereocenters. The minimum Gasteiger partial charge on any atom is -0.507 e. The van der Waals surface area contributed by atoms with Crippen LogP contribution in [0.15, 0.2) is 54.7 Å². The summed E-state index contributed by atoms with van der Waals surface area (Å²) in [5, 5.41) is 10.1. The van der Waals surface area contributed by atoms with Gasteiger partial charge in [0.15, 0.2) is 5.78 Å². The van der Waals surface area contributed by atoms with Gasteiger partial charge in [-0.15, -0.1) is 0 Å². The molecule has 1 rings (SSSR count). The minimum absolute atomic E-state index is 0.0749. The van der Waals surface area contributed by atoms with Crippen LogP contribution in [-0.4, -0.2) is 17.5 Å². The molecular weight excluding hydrogens is 324 g/mol. The predicted molar refractivity (Wildman–Crippen MR) is 109 cm³/mol. The molecule has 1 aromatic carbocycles. The quantitative estimate of drug-likeness (QED) is 0.193. The minimum atomic E-state index is -0.286. The summed E-state index contributed by atoms with van der Waals surface area (Å²) in [6.45, 7) is 8.64. The van der Waals surface area contributed by atoms with E-state index in [1.54, 1.807) is 24.3 Å². The molecule has 0 spiro atoms. The predicted octanol–water partition coefficient (Wildman–Crippen LogP) is 6.39. The Morgan fingerprint density at radius 1 is 1.12 bits per heavy atom. The molecule has 3 nitrogen and oxygen atoms in total. The van der Waals surface area contributed by atoms with Crippen LogP contribution in [0.1, 0.15) is 69.2 Å². The van der Waals surface area contributed by atoms with Gasteiger partial charge in [-0.1, -0.05) is 76.8 Å². The van der Waals surface area contributed by atoms with Gasteiger partial charge in [0.05, 0.1) is 12.2 Å². The van der Waals surface area contributed by atoms with Crippen molar-refractivity contribution in [1.29, 1.82) is 0 Å². The van der Waals surface area contributed by atoms with Crippen LogP contribution in [0.3, 0.4) is 0 Å². The Hall–Kier alpha value is -2.29. The molecule has 0 saturated carbocycles. The Bertz CT molecular complexity index is 626. The zero-order chi connectivity index (χ0) is 19.2. The van der Waals surface area contributed by atoms with Crippen molar-refractivity contribution in [2.45, 2.75) is 58.8 Å². The molecule has 0 aliphatic carbocycles. The van der Waals surface area contributed by atoms with Crippen molar-refractivity contribution in [3.63, 3.8) is 0 Å². The molecule has 0 amide bonds. The van der Waals surface area contributed by atoms with E-state index in [-0.39, 0.29) is 17.1 Å². The standard InChI is InChI=1S/C23H32O3/c1-4-6-8-10-11-13-17-26-20-15-16-21(22(24)18-20)23(25)19(3)14-12-9-7-5-2/h7,9,12,14-16,18,24H,3-6,8,10-11,13,17H2,1-2H3/b9-7-,14-12-. The Morgan fingerprint density at radius 3 is 2.54 bits per heavy atom. The molecule has 1 aromatic rings. The van der Waals surface area contributed by atoms with Crippen LogP contribution in [-0.2, 0) is 0 Å². The monoisotopic (exact) mass is 356 g/mol. The van der Waals surface area contributed by atoms with Crippen LogP contribution < -0.4 is 4.74 Å². The molecule has 0 radical (unpaired) electrons. The van der Waals surface area contributed by atoms with Gasteiger partial charge in [0.2, 0.25) is 0 Å². The summed E-state index contributed by atoms with van der Waals surface area (Å²) < 4.78 is 5.66. The third-order valence-corrected chi connectivity index (χ3v) is 4.05. The first-order valence-corrected chi connectivity index (χ1v) is 9.62. The number of unbranched alkanes of at least 4 members (excludes halogenated alkanes) is 5. The number of Topliss-reactive ketones (excluding diaryl/α,β-unsaturated/α-hetero) is 1. The fourth-order valence-corrected chi connectivity index (χ4v) is 2.50. The molecule has 0 aromatic heterocycles. The van der Waals surface area contributed by atoms with Crippen LogP contribution in [0.4, 0.5) is 0 Å². The van der Waals surface area contributed by atoms with Crippen molar-refractivity contribution in [3.8, 4) is 11.5 Å². The molecule has 0 aliphatic rings. The molecule has 1 N–H and O–H groups in total. The fraction of sp³-hybridized carbons (Fsp3) is 0.435. The van der Waals surface area contributed by atoms with Crippen molar-refractivity contribution in [2.24, 2.45) is 0 Å². The zero-order valence-corrected chi connectivity index (χ0v) is 16.2.